The average molecular weight is 353 g/mol. The number of rotatable bonds is 8. The number of nitrogens with one attached hydrogen (secondary N) is 1. The molecule has 1 aliphatic carbocycles. The van der Waals surface area contributed by atoms with Crippen LogP contribution in [0.5, 0.6) is 0 Å². The highest BCUT2D eigenvalue weighted by Gasteiger charge is 2.28. The Labute approximate surface area is 148 Å². The van der Waals surface area contributed by atoms with E-state index in [0.717, 1.165) is 55.6 Å². The van der Waals surface area contributed by atoms with Gasteiger partial charge in [-0.1, -0.05) is 20.8 Å². The van der Waals surface area contributed by atoms with E-state index in [1.807, 2.05) is 0 Å². The first kappa shape index (κ1) is 18.9. The molecule has 0 fully saturated rings. The van der Waals surface area contributed by atoms with Gasteiger partial charge in [0.1, 0.15) is 5.00 Å². The molecule has 6 heteroatoms. The summed E-state index contributed by atoms with van der Waals surface area (Å²) in [6, 6.07) is 0. The largest absolute Gasteiger partial charge is 0.478 e. The van der Waals surface area contributed by atoms with Crippen molar-refractivity contribution in [3.05, 3.63) is 16.0 Å². The number of carboxylic acids is 1. The summed E-state index contributed by atoms with van der Waals surface area (Å²) in [7, 11) is 0. The number of carbonyl (C=O) groups excluding carboxylic acids is 1. The summed E-state index contributed by atoms with van der Waals surface area (Å²) >= 11 is 1.44. The van der Waals surface area contributed by atoms with Gasteiger partial charge in [-0.2, -0.15) is 0 Å². The maximum Gasteiger partial charge on any atom is 0.339 e. The van der Waals surface area contributed by atoms with Crippen molar-refractivity contribution < 1.29 is 14.7 Å². The van der Waals surface area contributed by atoms with Crippen molar-refractivity contribution in [1.29, 1.82) is 0 Å². The summed E-state index contributed by atoms with van der Waals surface area (Å²) in [5.41, 5.74) is 1.24. The lowest BCUT2D eigenvalue weighted by molar-refractivity contribution is -0.117. The molecule has 0 spiro atoms. The van der Waals surface area contributed by atoms with Crippen LogP contribution in [0.25, 0.3) is 0 Å². The number of hydrogen-bond donors (Lipinski definition) is 2. The van der Waals surface area contributed by atoms with Crippen LogP contribution in [-0.2, 0) is 17.6 Å². The van der Waals surface area contributed by atoms with Gasteiger partial charge in [0.05, 0.1) is 12.1 Å². The molecule has 0 saturated carbocycles. The molecule has 5 nitrogen and oxygen atoms in total. The molecular weight excluding hydrogens is 324 g/mol. The van der Waals surface area contributed by atoms with Crippen molar-refractivity contribution in [3.63, 3.8) is 0 Å². The third-order valence-electron chi connectivity index (χ3n) is 4.43. The fraction of sp³-hybridized carbons (Fsp3) is 0.667. The van der Waals surface area contributed by atoms with E-state index >= 15 is 0 Å². The maximum atomic E-state index is 12.4. The third-order valence-corrected chi connectivity index (χ3v) is 5.60. The van der Waals surface area contributed by atoms with E-state index in [-0.39, 0.29) is 5.91 Å². The fourth-order valence-corrected chi connectivity index (χ4v) is 4.76. The van der Waals surface area contributed by atoms with Crippen molar-refractivity contribution in [2.24, 2.45) is 5.92 Å². The van der Waals surface area contributed by atoms with Crippen molar-refractivity contribution in [2.45, 2.75) is 52.9 Å². The minimum absolute atomic E-state index is 0.119. The van der Waals surface area contributed by atoms with Gasteiger partial charge in [0.25, 0.3) is 0 Å². The van der Waals surface area contributed by atoms with Crippen LogP contribution in [0, 0.1) is 5.92 Å². The molecular formula is C18H28N2O3S. The average Bonchev–Trinajstić information content (AvgIpc) is 2.84. The minimum atomic E-state index is -0.934. The number of carboxylic acid groups (broad SMARTS) is 1. The standard InChI is InChI=1S/C18H28N2O3S/c1-4-8-20(9-5-2)11-15(21)19-17-16(18(22)23)13-7-6-12(3)10-14(13)24-17/h12H,4-11H2,1-3H3,(H,19,21)(H,22,23). The SMILES string of the molecule is CCCN(CCC)CC(=O)Nc1sc2c(c1C(=O)O)CCC(C)C2. The van der Waals surface area contributed by atoms with Gasteiger partial charge < -0.3 is 10.4 Å². The minimum Gasteiger partial charge on any atom is -0.478 e. The third kappa shape index (κ3) is 4.57. The molecule has 1 aliphatic rings. The van der Waals surface area contributed by atoms with E-state index in [2.05, 4.69) is 31.0 Å². The summed E-state index contributed by atoms with van der Waals surface area (Å²) < 4.78 is 0. The maximum absolute atomic E-state index is 12.4. The molecule has 1 aromatic rings. The Morgan fingerprint density at radius 3 is 2.54 bits per heavy atom. The first-order valence-corrected chi connectivity index (χ1v) is 9.67. The highest BCUT2D eigenvalue weighted by Crippen LogP contribution is 2.39. The lowest BCUT2D eigenvalue weighted by Crippen LogP contribution is -2.34. The van der Waals surface area contributed by atoms with Crippen LogP contribution in [0.3, 0.4) is 0 Å². The molecule has 24 heavy (non-hydrogen) atoms. The van der Waals surface area contributed by atoms with E-state index in [1.54, 1.807) is 0 Å². The molecule has 2 rings (SSSR count). The predicted molar refractivity (Wildman–Crippen MR) is 98.1 cm³/mol. The number of nitrogens with zero attached hydrogens (tertiary/aromatic N) is 1. The highest BCUT2D eigenvalue weighted by atomic mass is 32.1. The number of aromatic carboxylic acids is 1. The molecule has 1 unspecified atom stereocenters. The van der Waals surface area contributed by atoms with Crippen LogP contribution in [0.15, 0.2) is 0 Å². The Bertz CT molecular complexity index is 591. The number of anilines is 1. The molecule has 1 heterocycles. The van der Waals surface area contributed by atoms with Crippen molar-refractivity contribution in [1.82, 2.24) is 4.90 Å². The quantitative estimate of drug-likeness (QED) is 0.749. The monoisotopic (exact) mass is 352 g/mol. The summed E-state index contributed by atoms with van der Waals surface area (Å²) in [6.07, 6.45) is 4.71. The van der Waals surface area contributed by atoms with Gasteiger partial charge in [-0.3, -0.25) is 9.69 Å². The van der Waals surface area contributed by atoms with Gasteiger partial charge in [-0.05, 0) is 56.7 Å². The second kappa shape index (κ2) is 8.62. The van der Waals surface area contributed by atoms with Gasteiger partial charge in [0.2, 0.25) is 5.91 Å². The van der Waals surface area contributed by atoms with Crippen LogP contribution in [0.1, 0.15) is 60.8 Å². The molecule has 134 valence electrons. The molecule has 1 atom stereocenters. The Morgan fingerprint density at radius 2 is 1.96 bits per heavy atom. The molecule has 1 aromatic heterocycles. The number of fused-ring (bicyclic) bond motifs is 1. The van der Waals surface area contributed by atoms with E-state index in [0.29, 0.717) is 23.0 Å². The molecule has 0 aromatic carbocycles. The van der Waals surface area contributed by atoms with Gasteiger partial charge in [-0.15, -0.1) is 11.3 Å². The molecule has 0 saturated heterocycles. The summed E-state index contributed by atoms with van der Waals surface area (Å²) in [5.74, 6) is -0.478. The number of thiophene rings is 1. The van der Waals surface area contributed by atoms with E-state index in [1.165, 1.54) is 11.3 Å². The van der Waals surface area contributed by atoms with Crippen LogP contribution < -0.4 is 5.32 Å². The van der Waals surface area contributed by atoms with Gasteiger partial charge in [0, 0.05) is 4.88 Å². The molecule has 0 radical (unpaired) electrons. The number of amides is 1. The van der Waals surface area contributed by atoms with Crippen LogP contribution in [0.2, 0.25) is 0 Å². The summed E-state index contributed by atoms with van der Waals surface area (Å²) in [5, 5.41) is 13.0. The molecule has 2 N–H and O–H groups in total. The molecule has 1 amide bonds. The Balaban J connectivity index is 2.14. The Kier molecular flexibility index (Phi) is 6.80. The van der Waals surface area contributed by atoms with Crippen LogP contribution in [-0.4, -0.2) is 41.5 Å². The zero-order valence-corrected chi connectivity index (χ0v) is 15.7. The normalized spacial score (nSPS) is 16.9. The smallest absolute Gasteiger partial charge is 0.339 e. The predicted octanol–water partition coefficient (Wildman–Crippen LogP) is 3.63. The van der Waals surface area contributed by atoms with Gasteiger partial charge >= 0.3 is 5.97 Å². The Hall–Kier alpha value is -1.40. The van der Waals surface area contributed by atoms with Crippen LogP contribution in [0.4, 0.5) is 5.00 Å². The second-order valence-electron chi connectivity index (χ2n) is 6.69. The van der Waals surface area contributed by atoms with E-state index in [9.17, 15) is 14.7 Å². The van der Waals surface area contributed by atoms with Crippen molar-refractivity contribution in [3.8, 4) is 0 Å². The van der Waals surface area contributed by atoms with E-state index in [4.69, 9.17) is 0 Å². The number of carbonyl (C=O) groups is 2. The topological polar surface area (TPSA) is 69.6 Å². The highest BCUT2D eigenvalue weighted by molar-refractivity contribution is 7.17. The first-order chi connectivity index (χ1) is 11.5. The summed E-state index contributed by atoms with van der Waals surface area (Å²) in [4.78, 5) is 27.3. The lowest BCUT2D eigenvalue weighted by atomic mass is 9.88. The van der Waals surface area contributed by atoms with Crippen LogP contribution >= 0.6 is 11.3 Å². The fourth-order valence-electron chi connectivity index (χ4n) is 3.34. The second-order valence-corrected chi connectivity index (χ2v) is 7.79. The Morgan fingerprint density at radius 1 is 1.29 bits per heavy atom. The first-order valence-electron chi connectivity index (χ1n) is 8.86. The zero-order chi connectivity index (χ0) is 17.7. The number of hydrogen-bond acceptors (Lipinski definition) is 4. The van der Waals surface area contributed by atoms with Gasteiger partial charge in [0.15, 0.2) is 0 Å². The molecule has 0 bridgehead atoms. The van der Waals surface area contributed by atoms with Gasteiger partial charge in [-0.25, -0.2) is 4.79 Å². The zero-order valence-electron chi connectivity index (χ0n) is 14.9. The summed E-state index contributed by atoms with van der Waals surface area (Å²) in [6.45, 7) is 8.46. The molecule has 0 aliphatic heterocycles. The lowest BCUT2D eigenvalue weighted by Gasteiger charge is -2.20. The van der Waals surface area contributed by atoms with E-state index < -0.39 is 5.97 Å². The van der Waals surface area contributed by atoms with Crippen molar-refractivity contribution >= 4 is 28.2 Å². The van der Waals surface area contributed by atoms with Crippen molar-refractivity contribution in [2.75, 3.05) is 25.0 Å².